The van der Waals surface area contributed by atoms with Gasteiger partial charge < -0.3 is 25.4 Å². The molecule has 204 valence electrons. The molecule has 3 N–H and O–H groups in total. The van der Waals surface area contributed by atoms with Crippen molar-refractivity contribution in [2.75, 3.05) is 31.7 Å². The summed E-state index contributed by atoms with van der Waals surface area (Å²) in [5.41, 5.74) is 3.43. The van der Waals surface area contributed by atoms with Crippen molar-refractivity contribution in [1.29, 1.82) is 0 Å². The minimum Gasteiger partial charge on any atom is -0.394 e. The Bertz CT molecular complexity index is 1400. The Morgan fingerprint density at radius 3 is 2.79 bits per heavy atom. The molecule has 1 atom stereocenters. The third-order valence-corrected chi connectivity index (χ3v) is 7.27. The summed E-state index contributed by atoms with van der Waals surface area (Å²) in [6.07, 6.45) is 3.26. The Kier molecular flexibility index (Phi) is 8.06. The summed E-state index contributed by atoms with van der Waals surface area (Å²) < 4.78 is 19.0. The Morgan fingerprint density at radius 2 is 2.05 bits per heavy atom. The third kappa shape index (κ3) is 6.03. The fraction of sp³-hybridized carbons (Fsp3) is 0.357. The van der Waals surface area contributed by atoms with E-state index in [1.165, 1.54) is 23.2 Å². The van der Waals surface area contributed by atoms with Crippen molar-refractivity contribution in [3.05, 3.63) is 75.7 Å². The number of nitrogens with one attached hydrogen (secondary N) is 2. The summed E-state index contributed by atoms with van der Waals surface area (Å²) >= 11 is 6.43. The van der Waals surface area contributed by atoms with Gasteiger partial charge in [-0.25, -0.2) is 14.4 Å². The van der Waals surface area contributed by atoms with E-state index in [2.05, 4.69) is 20.6 Å². The van der Waals surface area contributed by atoms with Crippen LogP contribution in [-0.4, -0.2) is 64.2 Å². The lowest BCUT2D eigenvalue weighted by atomic mass is 10.0. The Labute approximate surface area is 230 Å². The summed E-state index contributed by atoms with van der Waals surface area (Å²) in [5.74, 6) is -0.621. The normalized spacial score (nSPS) is 16.2. The van der Waals surface area contributed by atoms with Crippen LogP contribution in [0.1, 0.15) is 45.9 Å². The zero-order valence-corrected chi connectivity index (χ0v) is 22.2. The summed E-state index contributed by atoms with van der Waals surface area (Å²) in [7, 11) is 0. The number of fused-ring (bicyclic) bond motifs is 1. The lowest BCUT2D eigenvalue weighted by Crippen LogP contribution is -2.40. The minimum absolute atomic E-state index is 0.188. The lowest BCUT2D eigenvalue weighted by Gasteiger charge is -2.23. The number of anilines is 1. The molecule has 2 aromatic carbocycles. The van der Waals surface area contributed by atoms with Crippen LogP contribution >= 0.6 is 11.6 Å². The lowest BCUT2D eigenvalue weighted by molar-refractivity contribution is -0.122. The maximum Gasteiger partial charge on any atom is 0.254 e. The summed E-state index contributed by atoms with van der Waals surface area (Å²) in [4.78, 5) is 36.3. The zero-order valence-electron chi connectivity index (χ0n) is 21.4. The standard InChI is InChI=1S/C28H29ClFN5O4/c1-16-10-17(4-5-23(16)30)24(15-36)33-25(37)14-35-13-19-3-2-18(11-21(19)27(35)38)26-22(29)12-31-28(34-26)32-20-6-8-39-9-7-20/h2-5,10-12,20,24,36H,6-9,13-15H2,1H3,(H,33,37)(H,31,32,34). The molecule has 1 fully saturated rings. The number of ether oxygens (including phenoxy) is 1. The van der Waals surface area contributed by atoms with E-state index in [9.17, 15) is 19.1 Å². The first-order valence-electron chi connectivity index (χ1n) is 12.8. The second-order valence-corrected chi connectivity index (χ2v) is 10.2. The zero-order chi connectivity index (χ0) is 27.5. The van der Waals surface area contributed by atoms with E-state index >= 15 is 0 Å². The first-order chi connectivity index (χ1) is 18.8. The number of carbonyl (C=O) groups excluding carboxylic acids is 2. The van der Waals surface area contributed by atoms with Gasteiger partial charge in [0.05, 0.1) is 29.6 Å². The molecule has 0 radical (unpaired) electrons. The molecule has 2 amide bonds. The molecule has 11 heteroatoms. The van der Waals surface area contributed by atoms with Crippen molar-refractivity contribution in [1.82, 2.24) is 20.2 Å². The van der Waals surface area contributed by atoms with E-state index in [1.54, 1.807) is 19.1 Å². The van der Waals surface area contributed by atoms with Gasteiger partial charge in [0.15, 0.2) is 0 Å². The van der Waals surface area contributed by atoms with Crippen molar-refractivity contribution in [2.45, 2.75) is 38.4 Å². The molecule has 9 nitrogen and oxygen atoms in total. The highest BCUT2D eigenvalue weighted by Gasteiger charge is 2.30. The molecule has 0 spiro atoms. The number of nitrogens with zero attached hydrogens (tertiary/aromatic N) is 3. The summed E-state index contributed by atoms with van der Waals surface area (Å²) in [6.45, 7) is 2.71. The van der Waals surface area contributed by atoms with Crippen LogP contribution in [0.4, 0.5) is 10.3 Å². The Hall–Kier alpha value is -3.60. The first-order valence-corrected chi connectivity index (χ1v) is 13.2. The molecule has 0 aliphatic carbocycles. The number of rotatable bonds is 8. The number of hydrogen-bond acceptors (Lipinski definition) is 7. The molecule has 1 unspecified atom stereocenters. The van der Waals surface area contributed by atoms with Crippen molar-refractivity contribution in [3.8, 4) is 11.3 Å². The second-order valence-electron chi connectivity index (χ2n) is 9.77. The Morgan fingerprint density at radius 1 is 1.26 bits per heavy atom. The number of amides is 2. The van der Waals surface area contributed by atoms with Crippen LogP contribution in [-0.2, 0) is 16.1 Å². The van der Waals surface area contributed by atoms with E-state index in [0.29, 0.717) is 52.1 Å². The maximum absolute atomic E-state index is 13.6. The van der Waals surface area contributed by atoms with Gasteiger partial charge in [-0.1, -0.05) is 35.9 Å². The number of aliphatic hydroxyl groups excluding tert-OH is 1. The highest BCUT2D eigenvalue weighted by molar-refractivity contribution is 6.33. The van der Waals surface area contributed by atoms with Crippen molar-refractivity contribution >= 4 is 29.4 Å². The molecule has 2 aliphatic rings. The molecule has 1 saturated heterocycles. The second kappa shape index (κ2) is 11.6. The average molecular weight is 554 g/mol. The SMILES string of the molecule is Cc1cc(C(CO)NC(=O)CN2Cc3ccc(-c4nc(NC5CCOCC5)ncc4Cl)cc3C2=O)ccc1F. The van der Waals surface area contributed by atoms with E-state index < -0.39 is 11.9 Å². The fourth-order valence-electron chi connectivity index (χ4n) is 4.83. The fourth-order valence-corrected chi connectivity index (χ4v) is 5.03. The van der Waals surface area contributed by atoms with Crippen LogP contribution in [0.3, 0.4) is 0 Å². The van der Waals surface area contributed by atoms with Gasteiger partial charge in [-0.2, -0.15) is 0 Å². The molecule has 3 aromatic rings. The molecule has 0 saturated carbocycles. The Balaban J connectivity index is 1.27. The summed E-state index contributed by atoms with van der Waals surface area (Å²) in [5, 5.41) is 16.2. The average Bonchev–Trinajstić information content (AvgIpc) is 3.24. The van der Waals surface area contributed by atoms with Gasteiger partial charge in [-0.05, 0) is 48.6 Å². The largest absolute Gasteiger partial charge is 0.394 e. The van der Waals surface area contributed by atoms with E-state index in [-0.39, 0.29) is 37.5 Å². The van der Waals surface area contributed by atoms with E-state index in [4.69, 9.17) is 16.3 Å². The number of aliphatic hydroxyl groups is 1. The highest BCUT2D eigenvalue weighted by Crippen LogP contribution is 2.31. The number of aromatic nitrogens is 2. The molecular weight excluding hydrogens is 525 g/mol. The van der Waals surface area contributed by atoms with Gasteiger partial charge in [0.1, 0.15) is 12.4 Å². The molecule has 5 rings (SSSR count). The van der Waals surface area contributed by atoms with Crippen LogP contribution < -0.4 is 10.6 Å². The van der Waals surface area contributed by atoms with Gasteiger partial charge in [-0.15, -0.1) is 0 Å². The minimum atomic E-state index is -0.715. The molecule has 39 heavy (non-hydrogen) atoms. The van der Waals surface area contributed by atoms with Crippen LogP contribution in [0.2, 0.25) is 5.02 Å². The number of benzene rings is 2. The van der Waals surface area contributed by atoms with Gasteiger partial charge in [-0.3, -0.25) is 9.59 Å². The quantitative estimate of drug-likeness (QED) is 0.390. The maximum atomic E-state index is 13.6. The van der Waals surface area contributed by atoms with Crippen molar-refractivity contribution in [2.24, 2.45) is 0 Å². The van der Waals surface area contributed by atoms with Crippen molar-refractivity contribution in [3.63, 3.8) is 0 Å². The van der Waals surface area contributed by atoms with Crippen LogP contribution in [0, 0.1) is 12.7 Å². The molecule has 2 aliphatic heterocycles. The molecule has 0 bridgehead atoms. The number of halogens is 2. The number of carbonyl (C=O) groups is 2. The van der Waals surface area contributed by atoms with Gasteiger partial charge in [0.2, 0.25) is 11.9 Å². The summed E-state index contributed by atoms with van der Waals surface area (Å²) in [6, 6.07) is 9.32. The third-order valence-electron chi connectivity index (χ3n) is 7.00. The monoisotopic (exact) mass is 553 g/mol. The van der Waals surface area contributed by atoms with Gasteiger partial charge >= 0.3 is 0 Å². The van der Waals surface area contributed by atoms with Crippen LogP contribution in [0.15, 0.2) is 42.6 Å². The predicted octanol–water partition coefficient (Wildman–Crippen LogP) is 3.64. The van der Waals surface area contributed by atoms with E-state index in [0.717, 1.165) is 18.4 Å². The predicted molar refractivity (Wildman–Crippen MR) is 144 cm³/mol. The number of hydrogen-bond donors (Lipinski definition) is 3. The molecular formula is C28H29ClFN5O4. The molecule has 1 aromatic heterocycles. The topological polar surface area (TPSA) is 117 Å². The first kappa shape index (κ1) is 27.0. The van der Waals surface area contributed by atoms with Gasteiger partial charge in [0, 0.05) is 36.9 Å². The van der Waals surface area contributed by atoms with E-state index in [1.807, 2.05) is 12.1 Å². The highest BCUT2D eigenvalue weighted by atomic mass is 35.5. The van der Waals surface area contributed by atoms with Crippen LogP contribution in [0.25, 0.3) is 11.3 Å². The number of aryl methyl sites for hydroxylation is 1. The van der Waals surface area contributed by atoms with Crippen LogP contribution in [0.5, 0.6) is 0 Å². The molecule has 3 heterocycles. The van der Waals surface area contributed by atoms with Gasteiger partial charge in [0.25, 0.3) is 5.91 Å². The smallest absolute Gasteiger partial charge is 0.254 e. The van der Waals surface area contributed by atoms with Crippen molar-refractivity contribution < 1.29 is 23.8 Å².